The third kappa shape index (κ3) is 4.76. The molecule has 0 atom stereocenters. The number of aromatic nitrogens is 2. The van der Waals surface area contributed by atoms with E-state index in [4.69, 9.17) is 4.42 Å². The van der Waals surface area contributed by atoms with E-state index in [9.17, 15) is 0 Å². The standard InChI is InChI=1S/C14H18BrN3O/c1-2-16-8-4-7-13-17-18-14(19-13)10-11-5-3-6-12(15)9-11/h3,5-6,9,16H,2,4,7-8,10H2,1H3. The number of hydrogen-bond acceptors (Lipinski definition) is 4. The lowest BCUT2D eigenvalue weighted by atomic mass is 10.1. The number of hydrogen-bond donors (Lipinski definition) is 1. The Labute approximate surface area is 121 Å². The monoisotopic (exact) mass is 323 g/mol. The molecular formula is C14H18BrN3O. The number of nitrogens with zero attached hydrogens (tertiary/aromatic N) is 2. The summed E-state index contributed by atoms with van der Waals surface area (Å²) in [6.45, 7) is 4.08. The smallest absolute Gasteiger partial charge is 0.220 e. The van der Waals surface area contributed by atoms with Crippen molar-refractivity contribution >= 4 is 15.9 Å². The summed E-state index contributed by atoms with van der Waals surface area (Å²) in [6.07, 6.45) is 2.53. The van der Waals surface area contributed by atoms with Crippen molar-refractivity contribution in [1.29, 1.82) is 0 Å². The van der Waals surface area contributed by atoms with Gasteiger partial charge in [0.05, 0.1) is 6.42 Å². The maximum absolute atomic E-state index is 5.64. The van der Waals surface area contributed by atoms with E-state index in [-0.39, 0.29) is 0 Å². The molecule has 102 valence electrons. The number of nitrogens with one attached hydrogen (secondary N) is 1. The maximum atomic E-state index is 5.64. The van der Waals surface area contributed by atoms with E-state index in [0.717, 1.165) is 41.9 Å². The van der Waals surface area contributed by atoms with Gasteiger partial charge in [0.1, 0.15) is 0 Å². The summed E-state index contributed by atoms with van der Waals surface area (Å²) in [7, 11) is 0. The molecule has 0 saturated carbocycles. The van der Waals surface area contributed by atoms with Gasteiger partial charge in [-0.05, 0) is 37.2 Å². The lowest BCUT2D eigenvalue weighted by Gasteiger charge is -1.98. The fourth-order valence-electron chi connectivity index (χ4n) is 1.82. The highest BCUT2D eigenvalue weighted by atomic mass is 79.9. The van der Waals surface area contributed by atoms with Crippen molar-refractivity contribution in [2.24, 2.45) is 0 Å². The molecule has 19 heavy (non-hydrogen) atoms. The molecule has 5 heteroatoms. The van der Waals surface area contributed by atoms with E-state index in [1.165, 1.54) is 0 Å². The van der Waals surface area contributed by atoms with Crippen LogP contribution < -0.4 is 5.32 Å². The molecule has 0 amide bonds. The Morgan fingerprint density at radius 3 is 2.89 bits per heavy atom. The second-order valence-corrected chi connectivity index (χ2v) is 5.27. The molecule has 0 bridgehead atoms. The lowest BCUT2D eigenvalue weighted by Crippen LogP contribution is -2.14. The number of rotatable bonds is 7. The molecule has 1 aromatic carbocycles. The average molecular weight is 324 g/mol. The van der Waals surface area contributed by atoms with Crippen molar-refractivity contribution in [3.05, 3.63) is 46.1 Å². The van der Waals surface area contributed by atoms with Crippen LogP contribution in [0.1, 0.15) is 30.7 Å². The third-order valence-electron chi connectivity index (χ3n) is 2.75. The average Bonchev–Trinajstić information content (AvgIpc) is 2.82. The Morgan fingerprint density at radius 2 is 2.11 bits per heavy atom. The minimum absolute atomic E-state index is 0.677. The van der Waals surface area contributed by atoms with Gasteiger partial charge in [0.2, 0.25) is 11.8 Å². The summed E-state index contributed by atoms with van der Waals surface area (Å²) in [5.74, 6) is 1.40. The first-order chi connectivity index (χ1) is 9.28. The highest BCUT2D eigenvalue weighted by Crippen LogP contribution is 2.15. The van der Waals surface area contributed by atoms with Gasteiger partial charge in [-0.25, -0.2) is 0 Å². The molecule has 0 aliphatic carbocycles. The Balaban J connectivity index is 1.87. The summed E-state index contributed by atoms with van der Waals surface area (Å²) in [5, 5.41) is 11.4. The summed E-state index contributed by atoms with van der Waals surface area (Å²) < 4.78 is 6.71. The second kappa shape index (κ2) is 7.40. The van der Waals surface area contributed by atoms with E-state index in [1.54, 1.807) is 0 Å². The Hall–Kier alpha value is -1.20. The first-order valence-corrected chi connectivity index (χ1v) is 7.33. The molecule has 2 rings (SSSR count). The predicted molar refractivity (Wildman–Crippen MR) is 78.1 cm³/mol. The lowest BCUT2D eigenvalue weighted by molar-refractivity contribution is 0.449. The van der Waals surface area contributed by atoms with E-state index < -0.39 is 0 Å². The summed E-state index contributed by atoms with van der Waals surface area (Å²) in [4.78, 5) is 0. The molecule has 0 saturated heterocycles. The van der Waals surface area contributed by atoms with Crippen LogP contribution in [0.5, 0.6) is 0 Å². The molecular weight excluding hydrogens is 306 g/mol. The summed E-state index contributed by atoms with van der Waals surface area (Å²) in [5.41, 5.74) is 1.16. The van der Waals surface area contributed by atoms with Gasteiger partial charge in [0, 0.05) is 10.9 Å². The number of halogens is 1. The minimum Gasteiger partial charge on any atom is -0.425 e. The normalized spacial score (nSPS) is 10.8. The highest BCUT2D eigenvalue weighted by molar-refractivity contribution is 9.10. The van der Waals surface area contributed by atoms with E-state index in [1.807, 2.05) is 12.1 Å². The highest BCUT2D eigenvalue weighted by Gasteiger charge is 2.07. The van der Waals surface area contributed by atoms with Gasteiger partial charge < -0.3 is 9.73 Å². The van der Waals surface area contributed by atoms with Crippen molar-refractivity contribution in [3.63, 3.8) is 0 Å². The zero-order chi connectivity index (χ0) is 13.5. The molecule has 0 radical (unpaired) electrons. The van der Waals surface area contributed by atoms with Crippen LogP contribution in [0.3, 0.4) is 0 Å². The fraction of sp³-hybridized carbons (Fsp3) is 0.429. The minimum atomic E-state index is 0.677. The van der Waals surface area contributed by atoms with Gasteiger partial charge in [-0.1, -0.05) is 35.0 Å². The molecule has 1 N–H and O–H groups in total. The largest absolute Gasteiger partial charge is 0.425 e. The van der Waals surface area contributed by atoms with Gasteiger partial charge >= 0.3 is 0 Å². The van der Waals surface area contributed by atoms with Crippen LogP contribution in [0.2, 0.25) is 0 Å². The summed E-state index contributed by atoms with van der Waals surface area (Å²) in [6, 6.07) is 8.13. The number of aryl methyl sites for hydroxylation is 1. The Kier molecular flexibility index (Phi) is 5.54. The second-order valence-electron chi connectivity index (χ2n) is 4.35. The van der Waals surface area contributed by atoms with Crippen molar-refractivity contribution in [2.45, 2.75) is 26.2 Å². The zero-order valence-corrected chi connectivity index (χ0v) is 12.6. The zero-order valence-electron chi connectivity index (χ0n) is 11.0. The van der Waals surface area contributed by atoms with Crippen molar-refractivity contribution in [3.8, 4) is 0 Å². The van der Waals surface area contributed by atoms with Gasteiger partial charge in [-0.15, -0.1) is 10.2 Å². The topological polar surface area (TPSA) is 51.0 Å². The Morgan fingerprint density at radius 1 is 1.26 bits per heavy atom. The molecule has 0 aliphatic heterocycles. The van der Waals surface area contributed by atoms with Gasteiger partial charge in [0.15, 0.2) is 0 Å². The summed E-state index contributed by atoms with van der Waals surface area (Å²) >= 11 is 3.46. The first-order valence-electron chi connectivity index (χ1n) is 6.54. The van der Waals surface area contributed by atoms with Crippen LogP contribution >= 0.6 is 15.9 Å². The molecule has 4 nitrogen and oxygen atoms in total. The van der Waals surface area contributed by atoms with E-state index in [2.05, 4.69) is 50.5 Å². The Bertz CT molecular complexity index is 513. The van der Waals surface area contributed by atoms with Crippen LogP contribution in [-0.2, 0) is 12.8 Å². The maximum Gasteiger partial charge on any atom is 0.220 e. The molecule has 1 aromatic heterocycles. The van der Waals surface area contributed by atoms with Gasteiger partial charge in [0.25, 0.3) is 0 Å². The van der Waals surface area contributed by atoms with Gasteiger partial charge in [-0.3, -0.25) is 0 Å². The van der Waals surface area contributed by atoms with E-state index in [0.29, 0.717) is 12.3 Å². The predicted octanol–water partition coefficient (Wildman–Crippen LogP) is 2.97. The number of benzene rings is 1. The SMILES string of the molecule is CCNCCCc1nnc(Cc2cccc(Br)c2)o1. The van der Waals surface area contributed by atoms with Crippen molar-refractivity contribution < 1.29 is 4.42 Å². The molecule has 0 spiro atoms. The van der Waals surface area contributed by atoms with Crippen LogP contribution in [-0.4, -0.2) is 23.3 Å². The van der Waals surface area contributed by atoms with Crippen LogP contribution in [0, 0.1) is 0 Å². The quantitative estimate of drug-likeness (QED) is 0.796. The molecule has 0 aliphatic rings. The molecule has 2 aromatic rings. The van der Waals surface area contributed by atoms with Crippen molar-refractivity contribution in [2.75, 3.05) is 13.1 Å². The fourth-order valence-corrected chi connectivity index (χ4v) is 2.27. The van der Waals surface area contributed by atoms with E-state index >= 15 is 0 Å². The molecule has 0 unspecified atom stereocenters. The molecule has 0 fully saturated rings. The van der Waals surface area contributed by atoms with Crippen LogP contribution in [0.25, 0.3) is 0 Å². The first kappa shape index (κ1) is 14.2. The third-order valence-corrected chi connectivity index (χ3v) is 3.24. The van der Waals surface area contributed by atoms with Crippen LogP contribution in [0.15, 0.2) is 33.2 Å². The van der Waals surface area contributed by atoms with Crippen molar-refractivity contribution in [1.82, 2.24) is 15.5 Å². The van der Waals surface area contributed by atoms with Gasteiger partial charge in [-0.2, -0.15) is 0 Å². The molecule has 1 heterocycles. The van der Waals surface area contributed by atoms with Crippen LogP contribution in [0.4, 0.5) is 0 Å².